The number of pyridine rings is 1. The normalized spacial score (nSPS) is 12.1. The van der Waals surface area contributed by atoms with E-state index in [1.165, 1.54) is 0 Å². The molecule has 0 aliphatic carbocycles. The highest BCUT2D eigenvalue weighted by atomic mass is 16.4. The maximum Gasteiger partial charge on any atom is 0.274 e. The minimum absolute atomic E-state index is 0.0575. The Labute approximate surface area is 240 Å². The molecule has 212 valence electrons. The molecule has 42 heavy (non-hydrogen) atoms. The van der Waals surface area contributed by atoms with Gasteiger partial charge in [0.25, 0.3) is 17.3 Å². The predicted molar refractivity (Wildman–Crippen MR) is 159 cm³/mol. The van der Waals surface area contributed by atoms with Crippen molar-refractivity contribution in [2.75, 3.05) is 17.2 Å². The van der Waals surface area contributed by atoms with Crippen LogP contribution in [-0.2, 0) is 7.05 Å². The van der Waals surface area contributed by atoms with E-state index in [2.05, 4.69) is 30.8 Å². The molecule has 0 saturated heterocycles. The van der Waals surface area contributed by atoms with Gasteiger partial charge in [-0.05, 0) is 49.7 Å². The van der Waals surface area contributed by atoms with Crippen LogP contribution in [0.25, 0.3) is 33.9 Å². The third-order valence-electron chi connectivity index (χ3n) is 6.86. The molecule has 0 unspecified atom stereocenters. The molecule has 3 N–H and O–H groups in total. The standard InChI is InChI=1S/C30H29N9O3/c1-18(2)39-25-15-20(12-13-21(25)29(41)38(39)3)33-30-32-16-22(27-36-37-28(42-27)23-11-7-8-14-31-23)26(35-30)34-24(17-40)19-9-5-4-6-10-19/h4-16,18,24,40H,17H2,1-3H3,(H2,32,33,34,35)/t24-/m1/s1. The van der Waals surface area contributed by atoms with Gasteiger partial charge < -0.3 is 20.2 Å². The van der Waals surface area contributed by atoms with Gasteiger partial charge in [0.05, 0.1) is 29.1 Å². The summed E-state index contributed by atoms with van der Waals surface area (Å²) in [7, 11) is 1.76. The van der Waals surface area contributed by atoms with E-state index < -0.39 is 6.04 Å². The lowest BCUT2D eigenvalue weighted by molar-refractivity contribution is 0.276. The van der Waals surface area contributed by atoms with E-state index in [-0.39, 0.29) is 30.0 Å². The van der Waals surface area contributed by atoms with Gasteiger partial charge in [0.15, 0.2) is 0 Å². The molecule has 12 heteroatoms. The van der Waals surface area contributed by atoms with Crippen LogP contribution >= 0.6 is 0 Å². The Kier molecular flexibility index (Phi) is 7.19. The summed E-state index contributed by atoms with van der Waals surface area (Å²) in [6.07, 6.45) is 3.23. The number of hydrogen-bond donors (Lipinski definition) is 3. The van der Waals surface area contributed by atoms with Crippen LogP contribution in [0.1, 0.15) is 31.5 Å². The van der Waals surface area contributed by atoms with Gasteiger partial charge in [0.1, 0.15) is 11.5 Å². The molecular formula is C30H29N9O3. The topological polar surface area (TPSA) is 149 Å². The number of aliphatic hydroxyl groups excluding tert-OH is 1. The molecule has 0 bridgehead atoms. The van der Waals surface area contributed by atoms with Crippen LogP contribution in [0.2, 0.25) is 0 Å². The predicted octanol–water partition coefficient (Wildman–Crippen LogP) is 4.71. The molecule has 4 heterocycles. The van der Waals surface area contributed by atoms with Crippen molar-refractivity contribution in [1.82, 2.24) is 34.5 Å². The average molecular weight is 564 g/mol. The molecule has 0 amide bonds. The molecule has 0 saturated carbocycles. The second kappa shape index (κ2) is 11.3. The number of anilines is 3. The Bertz CT molecular complexity index is 1900. The van der Waals surface area contributed by atoms with Crippen LogP contribution in [0.4, 0.5) is 17.5 Å². The lowest BCUT2D eigenvalue weighted by atomic mass is 10.1. The van der Waals surface area contributed by atoms with Crippen LogP contribution in [0.5, 0.6) is 0 Å². The molecule has 0 radical (unpaired) electrons. The molecule has 2 aromatic carbocycles. The van der Waals surface area contributed by atoms with Gasteiger partial charge in [-0.25, -0.2) is 4.98 Å². The zero-order valence-electron chi connectivity index (χ0n) is 23.3. The van der Waals surface area contributed by atoms with Crippen LogP contribution in [0, 0.1) is 0 Å². The van der Waals surface area contributed by atoms with Crippen molar-refractivity contribution in [3.8, 4) is 23.0 Å². The minimum Gasteiger partial charge on any atom is -0.414 e. The fraction of sp³-hybridized carbons (Fsp3) is 0.200. The first-order valence-electron chi connectivity index (χ1n) is 13.5. The van der Waals surface area contributed by atoms with Crippen molar-refractivity contribution in [1.29, 1.82) is 0 Å². The van der Waals surface area contributed by atoms with Gasteiger partial charge in [-0.3, -0.25) is 19.1 Å². The van der Waals surface area contributed by atoms with Crippen LogP contribution in [0.15, 0.2) is 88.3 Å². The number of rotatable bonds is 9. The van der Waals surface area contributed by atoms with Gasteiger partial charge in [-0.15, -0.1) is 10.2 Å². The Balaban J connectivity index is 1.39. The maximum absolute atomic E-state index is 12.7. The van der Waals surface area contributed by atoms with E-state index in [9.17, 15) is 9.90 Å². The van der Waals surface area contributed by atoms with Crippen LogP contribution in [0.3, 0.4) is 0 Å². The Hall–Kier alpha value is -5.36. The highest BCUT2D eigenvalue weighted by molar-refractivity contribution is 5.83. The van der Waals surface area contributed by atoms with Gasteiger partial charge >= 0.3 is 0 Å². The molecule has 12 nitrogen and oxygen atoms in total. The summed E-state index contributed by atoms with van der Waals surface area (Å²) >= 11 is 0. The van der Waals surface area contributed by atoms with E-state index in [0.29, 0.717) is 34.1 Å². The fourth-order valence-electron chi connectivity index (χ4n) is 4.89. The van der Waals surface area contributed by atoms with E-state index in [1.807, 2.05) is 67.1 Å². The lowest BCUT2D eigenvalue weighted by Crippen LogP contribution is -2.20. The molecule has 6 rings (SSSR count). The molecule has 0 aliphatic heterocycles. The second-order valence-corrected chi connectivity index (χ2v) is 10.00. The molecule has 0 fully saturated rings. The first-order valence-corrected chi connectivity index (χ1v) is 13.5. The highest BCUT2D eigenvalue weighted by Gasteiger charge is 2.21. The zero-order valence-corrected chi connectivity index (χ0v) is 23.3. The Morgan fingerprint density at radius 1 is 0.976 bits per heavy atom. The Morgan fingerprint density at radius 3 is 2.50 bits per heavy atom. The molecule has 0 aliphatic rings. The van der Waals surface area contributed by atoms with E-state index in [4.69, 9.17) is 9.40 Å². The summed E-state index contributed by atoms with van der Waals surface area (Å²) in [5, 5.41) is 25.8. The largest absolute Gasteiger partial charge is 0.414 e. The van der Waals surface area contributed by atoms with Gasteiger partial charge in [-0.2, -0.15) is 4.98 Å². The molecule has 0 spiro atoms. The lowest BCUT2D eigenvalue weighted by Gasteiger charge is -2.19. The minimum atomic E-state index is -0.466. The summed E-state index contributed by atoms with van der Waals surface area (Å²) < 4.78 is 9.51. The number of fused-ring (bicyclic) bond motifs is 1. The fourth-order valence-corrected chi connectivity index (χ4v) is 4.89. The smallest absolute Gasteiger partial charge is 0.274 e. The molecule has 4 aromatic heterocycles. The number of aromatic nitrogens is 7. The molecule has 6 aromatic rings. The third kappa shape index (κ3) is 5.10. The van der Waals surface area contributed by atoms with Crippen molar-refractivity contribution < 1.29 is 9.52 Å². The third-order valence-corrected chi connectivity index (χ3v) is 6.86. The van der Waals surface area contributed by atoms with Crippen molar-refractivity contribution in [3.05, 3.63) is 95.0 Å². The summed E-state index contributed by atoms with van der Waals surface area (Å²) in [5.41, 5.74) is 3.32. The van der Waals surface area contributed by atoms with Crippen molar-refractivity contribution >= 4 is 28.4 Å². The summed E-state index contributed by atoms with van der Waals surface area (Å²) in [6, 6.07) is 20.1. The van der Waals surface area contributed by atoms with Gasteiger partial charge in [0.2, 0.25) is 5.95 Å². The quantitative estimate of drug-likeness (QED) is 0.226. The maximum atomic E-state index is 12.7. The van der Waals surface area contributed by atoms with E-state index in [1.54, 1.807) is 42.3 Å². The van der Waals surface area contributed by atoms with Crippen LogP contribution < -0.4 is 16.2 Å². The SMILES string of the molecule is CC(C)n1c2cc(Nc3ncc(-c4nnc(-c5ccccn5)o4)c(N[C@H](CO)c4ccccc4)n3)ccc2c(=O)n1C. The summed E-state index contributed by atoms with van der Waals surface area (Å²) in [6.45, 7) is 3.87. The van der Waals surface area contributed by atoms with Crippen LogP contribution in [-0.4, -0.2) is 46.2 Å². The van der Waals surface area contributed by atoms with Gasteiger partial charge in [0, 0.05) is 31.2 Å². The van der Waals surface area contributed by atoms with E-state index >= 15 is 0 Å². The van der Waals surface area contributed by atoms with Crippen molar-refractivity contribution in [2.45, 2.75) is 25.9 Å². The monoisotopic (exact) mass is 563 g/mol. The van der Waals surface area contributed by atoms with Crippen molar-refractivity contribution in [3.63, 3.8) is 0 Å². The molecule has 1 atom stereocenters. The van der Waals surface area contributed by atoms with E-state index in [0.717, 1.165) is 11.1 Å². The summed E-state index contributed by atoms with van der Waals surface area (Å²) in [5.74, 6) is 1.13. The number of nitrogens with zero attached hydrogens (tertiary/aromatic N) is 7. The van der Waals surface area contributed by atoms with Gasteiger partial charge in [-0.1, -0.05) is 36.4 Å². The highest BCUT2D eigenvalue weighted by Crippen LogP contribution is 2.31. The number of benzene rings is 2. The number of nitrogens with one attached hydrogen (secondary N) is 2. The Morgan fingerprint density at radius 2 is 1.76 bits per heavy atom. The first-order chi connectivity index (χ1) is 20.4. The number of hydrogen-bond acceptors (Lipinski definition) is 10. The van der Waals surface area contributed by atoms with Crippen molar-refractivity contribution in [2.24, 2.45) is 7.05 Å². The molecular weight excluding hydrogens is 534 g/mol. The summed E-state index contributed by atoms with van der Waals surface area (Å²) in [4.78, 5) is 26.3. The average Bonchev–Trinajstić information content (AvgIpc) is 3.60. The number of aliphatic hydroxyl groups is 1. The zero-order chi connectivity index (χ0) is 29.2. The first kappa shape index (κ1) is 26.8. The second-order valence-electron chi connectivity index (χ2n) is 10.00.